The minimum atomic E-state index is -0.369. The molecule has 0 spiro atoms. The van der Waals surface area contributed by atoms with E-state index in [1.165, 1.54) is 24.4 Å². The predicted octanol–water partition coefficient (Wildman–Crippen LogP) is 5.81. The third kappa shape index (κ3) is 6.62. The van der Waals surface area contributed by atoms with E-state index in [9.17, 15) is 13.6 Å². The molecule has 8 heteroatoms. The number of H-pyrrole nitrogens is 1. The topological polar surface area (TPSA) is 75.0 Å². The monoisotopic (exact) mass is 478 g/mol. The van der Waals surface area contributed by atoms with Gasteiger partial charge >= 0.3 is 0 Å². The quantitative estimate of drug-likeness (QED) is 0.276. The number of rotatable bonds is 11. The van der Waals surface area contributed by atoms with Gasteiger partial charge in [0.2, 0.25) is 5.91 Å². The number of benzene rings is 2. The molecule has 35 heavy (non-hydrogen) atoms. The Bertz CT molecular complexity index is 1250. The normalized spacial score (nSPS) is 11.1. The van der Waals surface area contributed by atoms with Crippen LogP contribution >= 0.6 is 0 Å². The van der Waals surface area contributed by atoms with Crippen LogP contribution in [0.3, 0.4) is 0 Å². The number of unbranched alkanes of at least 4 members (excludes halogenated alkanes) is 2. The smallest absolute Gasteiger partial charge is 0.222 e. The molecule has 4 aromatic rings. The van der Waals surface area contributed by atoms with Gasteiger partial charge in [-0.05, 0) is 61.7 Å². The van der Waals surface area contributed by atoms with E-state index in [1.54, 1.807) is 42.3 Å². The van der Waals surface area contributed by atoms with Gasteiger partial charge in [-0.2, -0.15) is 5.10 Å². The van der Waals surface area contributed by atoms with Crippen molar-refractivity contribution in [1.82, 2.24) is 20.1 Å². The van der Waals surface area contributed by atoms with Crippen LogP contribution < -0.4 is 0 Å². The van der Waals surface area contributed by atoms with Crippen LogP contribution in [0.4, 0.5) is 8.78 Å². The number of hydrogen-bond donors (Lipinski definition) is 1. The fraction of sp³-hybridized carbons (Fsp3) is 0.296. The first kappa shape index (κ1) is 24.3. The molecule has 0 saturated heterocycles. The zero-order valence-corrected chi connectivity index (χ0v) is 19.6. The highest BCUT2D eigenvalue weighted by Crippen LogP contribution is 2.24. The zero-order valence-electron chi connectivity index (χ0n) is 19.6. The second kappa shape index (κ2) is 11.6. The van der Waals surface area contributed by atoms with Crippen LogP contribution in [0.5, 0.6) is 0 Å². The van der Waals surface area contributed by atoms with Crippen molar-refractivity contribution < 1.29 is 18.0 Å². The van der Waals surface area contributed by atoms with Gasteiger partial charge in [-0.15, -0.1) is 0 Å². The highest BCUT2D eigenvalue weighted by atomic mass is 19.1. The summed E-state index contributed by atoms with van der Waals surface area (Å²) >= 11 is 0. The summed E-state index contributed by atoms with van der Waals surface area (Å²) in [7, 11) is 1.80. The minimum absolute atomic E-state index is 0.0214. The van der Waals surface area contributed by atoms with E-state index in [4.69, 9.17) is 4.42 Å². The van der Waals surface area contributed by atoms with Gasteiger partial charge in [0.05, 0.1) is 17.5 Å². The Morgan fingerprint density at radius 1 is 1.03 bits per heavy atom. The molecule has 1 amide bonds. The van der Waals surface area contributed by atoms with Crippen molar-refractivity contribution in [2.75, 3.05) is 13.6 Å². The maximum atomic E-state index is 13.9. The molecule has 0 aliphatic carbocycles. The van der Waals surface area contributed by atoms with Gasteiger partial charge in [0.25, 0.3) is 0 Å². The highest BCUT2D eigenvalue weighted by Gasteiger charge is 2.14. The van der Waals surface area contributed by atoms with Crippen molar-refractivity contribution in [3.05, 3.63) is 84.0 Å². The first-order chi connectivity index (χ1) is 17.0. The van der Waals surface area contributed by atoms with Crippen molar-refractivity contribution >= 4 is 5.91 Å². The fourth-order valence-corrected chi connectivity index (χ4v) is 3.84. The molecule has 0 saturated carbocycles. The molecular formula is C27H28F2N4O2. The van der Waals surface area contributed by atoms with Gasteiger partial charge in [-0.1, -0.05) is 18.6 Å². The Hall–Kier alpha value is -3.81. The van der Waals surface area contributed by atoms with Gasteiger partial charge in [0.1, 0.15) is 11.6 Å². The summed E-state index contributed by atoms with van der Waals surface area (Å²) in [4.78, 5) is 18.4. The first-order valence-electron chi connectivity index (χ1n) is 11.7. The summed E-state index contributed by atoms with van der Waals surface area (Å²) in [6.07, 6.45) is 5.86. The van der Waals surface area contributed by atoms with Crippen LogP contribution in [0.15, 0.2) is 65.2 Å². The molecular weight excluding hydrogens is 450 g/mol. The highest BCUT2D eigenvalue weighted by molar-refractivity contribution is 5.76. The number of halogens is 2. The number of aromatic amines is 1. The number of nitrogens with zero attached hydrogens (tertiary/aromatic N) is 3. The lowest BCUT2D eigenvalue weighted by molar-refractivity contribution is -0.130. The molecule has 0 bridgehead atoms. The van der Waals surface area contributed by atoms with Gasteiger partial charge in [-0.3, -0.25) is 9.89 Å². The first-order valence-corrected chi connectivity index (χ1v) is 11.7. The average molecular weight is 479 g/mol. The van der Waals surface area contributed by atoms with Crippen molar-refractivity contribution in [2.24, 2.45) is 0 Å². The third-order valence-corrected chi connectivity index (χ3v) is 5.88. The third-order valence-electron chi connectivity index (χ3n) is 5.88. The maximum absolute atomic E-state index is 13.9. The Kier molecular flexibility index (Phi) is 8.03. The minimum Gasteiger partial charge on any atom is -0.441 e. The molecule has 0 unspecified atom stereocenters. The summed E-state index contributed by atoms with van der Waals surface area (Å²) in [6.45, 7) is 0.675. The summed E-state index contributed by atoms with van der Waals surface area (Å²) in [5.41, 5.74) is 3.07. The molecule has 0 aliphatic heterocycles. The predicted molar refractivity (Wildman–Crippen MR) is 129 cm³/mol. The van der Waals surface area contributed by atoms with E-state index in [2.05, 4.69) is 15.2 Å². The SMILES string of the molecule is CN(CCCCCc1cc(-c2ccc(F)cc2)n[nH]1)C(=O)CCc1ncc(-c2ccccc2F)o1. The number of hydrogen-bond acceptors (Lipinski definition) is 4. The molecule has 0 radical (unpaired) electrons. The molecule has 182 valence electrons. The lowest BCUT2D eigenvalue weighted by Crippen LogP contribution is -2.27. The van der Waals surface area contributed by atoms with Crippen LogP contribution in [0.1, 0.15) is 37.3 Å². The van der Waals surface area contributed by atoms with Gasteiger partial charge in [0.15, 0.2) is 11.7 Å². The lowest BCUT2D eigenvalue weighted by Gasteiger charge is -2.16. The molecule has 2 heterocycles. The Morgan fingerprint density at radius 3 is 2.63 bits per heavy atom. The van der Waals surface area contributed by atoms with E-state index in [-0.39, 0.29) is 24.0 Å². The maximum Gasteiger partial charge on any atom is 0.222 e. The van der Waals surface area contributed by atoms with Crippen molar-refractivity contribution in [3.8, 4) is 22.6 Å². The molecule has 2 aromatic heterocycles. The zero-order chi connectivity index (χ0) is 24.6. The second-order valence-corrected chi connectivity index (χ2v) is 8.51. The average Bonchev–Trinajstić information content (AvgIpc) is 3.53. The van der Waals surface area contributed by atoms with Crippen molar-refractivity contribution in [2.45, 2.75) is 38.5 Å². The summed E-state index contributed by atoms with van der Waals surface area (Å²) < 4.78 is 32.6. The van der Waals surface area contributed by atoms with E-state index >= 15 is 0 Å². The van der Waals surface area contributed by atoms with Crippen LogP contribution in [-0.2, 0) is 17.6 Å². The van der Waals surface area contributed by atoms with Crippen molar-refractivity contribution in [3.63, 3.8) is 0 Å². The van der Waals surface area contributed by atoms with Gasteiger partial charge in [0, 0.05) is 37.7 Å². The largest absolute Gasteiger partial charge is 0.441 e. The number of carbonyl (C=O) groups excluding carboxylic acids is 1. The lowest BCUT2D eigenvalue weighted by atomic mass is 10.1. The molecule has 2 aromatic carbocycles. The Balaban J connectivity index is 1.14. The number of oxazole rings is 1. The summed E-state index contributed by atoms with van der Waals surface area (Å²) in [5, 5.41) is 7.34. The molecule has 0 atom stereocenters. The Morgan fingerprint density at radius 2 is 1.83 bits per heavy atom. The molecule has 1 N–H and O–H groups in total. The number of amides is 1. The van der Waals surface area contributed by atoms with E-state index in [0.717, 1.165) is 42.6 Å². The van der Waals surface area contributed by atoms with E-state index < -0.39 is 0 Å². The second-order valence-electron chi connectivity index (χ2n) is 8.51. The van der Waals surface area contributed by atoms with Gasteiger partial charge < -0.3 is 9.32 Å². The number of carbonyl (C=O) groups is 1. The van der Waals surface area contributed by atoms with E-state index in [1.807, 2.05) is 6.07 Å². The number of aryl methyl sites for hydroxylation is 2. The van der Waals surface area contributed by atoms with E-state index in [0.29, 0.717) is 30.2 Å². The molecule has 6 nitrogen and oxygen atoms in total. The Labute approximate surface area is 203 Å². The number of aromatic nitrogens is 3. The fourth-order valence-electron chi connectivity index (χ4n) is 3.84. The van der Waals surface area contributed by atoms with Crippen LogP contribution in [0, 0.1) is 11.6 Å². The van der Waals surface area contributed by atoms with Crippen molar-refractivity contribution in [1.29, 1.82) is 0 Å². The van der Waals surface area contributed by atoms with Crippen LogP contribution in [-0.4, -0.2) is 39.6 Å². The molecule has 0 fully saturated rings. The standard InChI is InChI=1S/C27H28F2N4O2/c1-33(27(34)15-14-26-30-18-25(35-26)22-8-4-5-9-23(22)29)16-6-2-3-7-21-17-24(32-31-21)19-10-12-20(28)13-11-19/h4-5,8-13,17-18H,2-3,6-7,14-16H2,1H3,(H,31,32). The van der Waals surface area contributed by atoms with Gasteiger partial charge in [-0.25, -0.2) is 13.8 Å². The summed E-state index contributed by atoms with van der Waals surface area (Å²) in [5.74, 6) is 0.171. The molecule has 0 aliphatic rings. The molecule has 4 rings (SSSR count). The summed E-state index contributed by atoms with van der Waals surface area (Å²) in [6, 6.07) is 14.6. The van der Waals surface area contributed by atoms with Crippen LogP contribution in [0.25, 0.3) is 22.6 Å². The van der Waals surface area contributed by atoms with Crippen LogP contribution in [0.2, 0.25) is 0 Å². The number of nitrogens with one attached hydrogen (secondary N) is 1.